The molecule has 0 radical (unpaired) electrons. The van der Waals surface area contributed by atoms with Crippen molar-refractivity contribution in [2.75, 3.05) is 7.11 Å². The molecular weight excluding hydrogens is 52.8 g/mol. The zero-order valence-corrected chi connectivity index (χ0v) is 1.91. The van der Waals surface area contributed by atoms with Crippen molar-refractivity contribution in [2.24, 2.45) is 0 Å². The normalized spacial score (nSPS) is 7.50. The van der Waals surface area contributed by atoms with Gasteiger partial charge in [-0.3, -0.25) is 0 Å². The molecule has 0 bridgehead atoms. The maximum Gasteiger partial charge on any atom is 0.0525 e. The van der Waals surface area contributed by atoms with Crippen molar-refractivity contribution in [2.45, 2.75) is 0 Å². The van der Waals surface area contributed by atoms with Gasteiger partial charge in [0.1, 0.15) is 0 Å². The Morgan fingerprint density at radius 3 is 2.25 bits per heavy atom. The second kappa shape index (κ2) is 2.98. The average molecular weight is 59.9 g/mol. The molecule has 0 aliphatic carbocycles. The molecule has 0 saturated heterocycles. The van der Waals surface area contributed by atoms with Crippen LogP contribution in [0.25, 0.3) is 0 Å². The summed E-state index contributed by atoms with van der Waals surface area (Å²) in [6, 6.07) is 0. The summed E-state index contributed by atoms with van der Waals surface area (Å²) in [6.45, 7) is 0. The number of hydrogen-bond acceptors (Lipinski definition) is 2. The summed E-state index contributed by atoms with van der Waals surface area (Å²) < 4.78 is 0. The van der Waals surface area contributed by atoms with E-state index < -0.39 is 0 Å². The van der Waals surface area contributed by atoms with Crippen LogP contribution in [0.1, 0.15) is 0 Å². The Labute approximate surface area is 26.5 Å². The molecule has 1 N–H and O–H groups in total. The third-order valence-corrected chi connectivity index (χ3v) is 0. The summed E-state index contributed by atoms with van der Waals surface area (Å²) >= 11 is 0. The van der Waals surface area contributed by atoms with Gasteiger partial charge in [0.25, 0.3) is 0 Å². The zero-order chi connectivity index (χ0) is 3.41. The van der Waals surface area contributed by atoms with Gasteiger partial charge in [0, 0.05) is 7.98 Å². The lowest BCUT2D eigenvalue weighted by atomic mass is 10.5. The Bertz CT molecular complexity index is 10.0. The molecular formula is CH7BNO-. The lowest BCUT2D eigenvalue weighted by molar-refractivity contribution is 0.156. The fourth-order valence-corrected chi connectivity index (χ4v) is 0. The maximum absolute atomic E-state index is 4.40. The highest BCUT2D eigenvalue weighted by Gasteiger charge is 1.39. The molecule has 0 amide bonds. The van der Waals surface area contributed by atoms with Crippen LogP contribution in [0.15, 0.2) is 0 Å². The molecule has 0 heterocycles. The molecule has 4 heavy (non-hydrogen) atoms. The molecule has 26 valence electrons. The van der Waals surface area contributed by atoms with Crippen LogP contribution in [0.4, 0.5) is 0 Å². The molecule has 0 aromatic rings. The van der Waals surface area contributed by atoms with E-state index in [-0.39, 0.29) is 7.98 Å². The van der Waals surface area contributed by atoms with E-state index in [1.165, 1.54) is 0 Å². The fourth-order valence-electron chi connectivity index (χ4n) is 0. The molecule has 0 atom stereocenters. The largest absolute Gasteiger partial charge is 0.382 e. The molecule has 0 aliphatic heterocycles. The van der Waals surface area contributed by atoms with Crippen LogP contribution < -0.4 is 5.39 Å². The van der Waals surface area contributed by atoms with E-state index in [0.717, 1.165) is 0 Å². The van der Waals surface area contributed by atoms with Crippen LogP contribution in [-0.2, 0) is 4.84 Å². The van der Waals surface area contributed by atoms with E-state index in [2.05, 4.69) is 10.2 Å². The van der Waals surface area contributed by atoms with Gasteiger partial charge in [-0.15, -0.1) is 0 Å². The first-order valence-corrected chi connectivity index (χ1v) is 0.612. The molecule has 3 heteroatoms. The number of nitrogens with one attached hydrogen (secondary N) is 1. The summed E-state index contributed by atoms with van der Waals surface area (Å²) in [4.78, 5) is 4.40. The van der Waals surface area contributed by atoms with Crippen LogP contribution in [0.5, 0.6) is 0 Å². The van der Waals surface area contributed by atoms with E-state index in [1.807, 2.05) is 0 Å². The van der Waals surface area contributed by atoms with Crippen molar-refractivity contribution in [3.63, 3.8) is 0 Å². The maximum atomic E-state index is 4.40. The predicted molar refractivity (Wildman–Crippen MR) is 20.1 cm³/mol. The van der Waals surface area contributed by atoms with Crippen molar-refractivity contribution in [1.29, 1.82) is 0 Å². The standard InChI is InChI=1S/CH7BNO/c1-4-3-2/h3H,1-2H3/q-1. The first-order chi connectivity index (χ1) is 1.91. The van der Waals surface area contributed by atoms with Gasteiger partial charge < -0.3 is 10.2 Å². The lowest BCUT2D eigenvalue weighted by Crippen LogP contribution is -2.03. The van der Waals surface area contributed by atoms with Gasteiger partial charge in [0.05, 0.1) is 7.11 Å². The summed E-state index contributed by atoms with van der Waals surface area (Å²) in [5, 5.41) is 2.68. The van der Waals surface area contributed by atoms with E-state index in [1.54, 1.807) is 7.11 Å². The highest BCUT2D eigenvalue weighted by Crippen LogP contribution is 1.30. The SMILES string of the molecule is [BH3-]NOC. The highest BCUT2D eigenvalue weighted by molar-refractivity contribution is 6.03. The van der Waals surface area contributed by atoms with Gasteiger partial charge in [0.15, 0.2) is 0 Å². The smallest absolute Gasteiger partial charge is 0.0525 e. The molecule has 0 aromatic carbocycles. The third-order valence-electron chi connectivity index (χ3n) is 0. The van der Waals surface area contributed by atoms with Crippen LogP contribution in [0, 0.1) is 0 Å². The van der Waals surface area contributed by atoms with Gasteiger partial charge >= 0.3 is 0 Å². The molecule has 0 rings (SSSR count). The van der Waals surface area contributed by atoms with Crippen molar-refractivity contribution in [1.82, 2.24) is 5.39 Å². The minimum Gasteiger partial charge on any atom is -0.382 e. The van der Waals surface area contributed by atoms with Crippen molar-refractivity contribution >= 4 is 7.98 Å². The van der Waals surface area contributed by atoms with Crippen molar-refractivity contribution < 1.29 is 4.84 Å². The van der Waals surface area contributed by atoms with Crippen LogP contribution in [0.3, 0.4) is 0 Å². The number of rotatable bonds is 1. The number of hydrogen-bond donors (Lipinski definition) is 1. The fraction of sp³-hybridized carbons (Fsp3) is 1.00. The summed E-state index contributed by atoms with van der Waals surface area (Å²) in [7, 11) is 1.92. The van der Waals surface area contributed by atoms with Gasteiger partial charge in [-0.1, -0.05) is 0 Å². The molecule has 0 unspecified atom stereocenters. The van der Waals surface area contributed by atoms with E-state index in [4.69, 9.17) is 0 Å². The van der Waals surface area contributed by atoms with Gasteiger partial charge in [-0.2, -0.15) is 0 Å². The molecule has 0 spiro atoms. The average Bonchev–Trinajstić information content (AvgIpc) is 1.37. The third kappa shape index (κ3) is 1.98. The van der Waals surface area contributed by atoms with E-state index in [0.29, 0.717) is 0 Å². The Hall–Kier alpha value is -0.0151. The van der Waals surface area contributed by atoms with E-state index >= 15 is 0 Å². The molecule has 0 fully saturated rings. The van der Waals surface area contributed by atoms with Crippen molar-refractivity contribution in [3.05, 3.63) is 0 Å². The quantitative estimate of drug-likeness (QED) is 0.291. The summed E-state index contributed by atoms with van der Waals surface area (Å²) in [5.74, 6) is 0. The Morgan fingerprint density at radius 1 is 2.00 bits per heavy atom. The Kier molecular flexibility index (Phi) is 2.97. The zero-order valence-electron chi connectivity index (χ0n) is 1.91. The van der Waals surface area contributed by atoms with E-state index in [9.17, 15) is 0 Å². The predicted octanol–water partition coefficient (Wildman–Crippen LogP) is -1.58. The van der Waals surface area contributed by atoms with Crippen molar-refractivity contribution in [3.8, 4) is 0 Å². The molecule has 2 nitrogen and oxygen atoms in total. The lowest BCUT2D eigenvalue weighted by Gasteiger charge is -1.88. The topological polar surface area (TPSA) is 21.3 Å². The van der Waals surface area contributed by atoms with Gasteiger partial charge in [0.2, 0.25) is 0 Å². The molecule has 0 aromatic heterocycles. The monoisotopic (exact) mass is 60.1 g/mol. The summed E-state index contributed by atoms with van der Waals surface area (Å²) in [6.07, 6.45) is 0. The summed E-state index contributed by atoms with van der Waals surface area (Å²) in [5.41, 5.74) is 0. The first kappa shape index (κ1) is 3.98. The van der Waals surface area contributed by atoms with Crippen LogP contribution in [-0.4, -0.2) is 15.1 Å². The first-order valence-electron chi connectivity index (χ1n) is 0.612. The van der Waals surface area contributed by atoms with Gasteiger partial charge in [-0.05, 0) is 0 Å². The Balaban J connectivity index is 1.97. The Morgan fingerprint density at radius 2 is 2.25 bits per heavy atom. The molecule has 0 aliphatic rings. The highest BCUT2D eigenvalue weighted by atomic mass is 16.6. The molecule has 0 saturated carbocycles. The van der Waals surface area contributed by atoms with Crippen LogP contribution in [0.2, 0.25) is 0 Å². The van der Waals surface area contributed by atoms with Crippen LogP contribution >= 0.6 is 0 Å². The second-order valence-corrected chi connectivity index (χ2v) is 0.204. The van der Waals surface area contributed by atoms with Gasteiger partial charge in [-0.25, -0.2) is 0 Å². The minimum absolute atomic E-state index is 0.285. The minimum atomic E-state index is 0.285. The second-order valence-electron chi connectivity index (χ2n) is 0.204.